The monoisotopic (exact) mass is 275 g/mol. The van der Waals surface area contributed by atoms with Crippen LogP contribution < -0.4 is 26.9 Å². The molecule has 0 aliphatic carbocycles. The molecule has 2 heterocycles. The molecule has 1 aliphatic heterocycles. The molecule has 1 N–H and O–H groups in total. The number of nitrogens with zero attached hydrogens (tertiary/aromatic N) is 2. The Kier molecular flexibility index (Phi) is 4.28. The van der Waals surface area contributed by atoms with Gasteiger partial charge in [0.2, 0.25) is 0 Å². The molecule has 0 saturated heterocycles. The lowest BCUT2D eigenvalue weighted by molar-refractivity contribution is -0.697. The summed E-state index contributed by atoms with van der Waals surface area (Å²) in [5.74, 6) is 0. The molecule has 5 nitrogen and oxygen atoms in total. The molecule has 1 amide bonds. The number of carbonyl (C=O) groups is 1. The average Bonchev–Trinajstić information content (AvgIpc) is 2.59. The summed E-state index contributed by atoms with van der Waals surface area (Å²) in [6.07, 6.45) is 4.70. The van der Waals surface area contributed by atoms with Crippen LogP contribution in [0.5, 0.6) is 0 Å². The minimum absolute atomic E-state index is 0. The number of ether oxygens (including phenoxy) is 1. The molecule has 1 aromatic rings. The number of amides is 1. The van der Waals surface area contributed by atoms with Gasteiger partial charge in [-0.1, -0.05) is 0 Å². The SMILES string of the molecule is COCC[n+]1cc2n(c1)C(=O)NCC2.[Br-]. The van der Waals surface area contributed by atoms with Crippen molar-refractivity contribution < 1.29 is 31.1 Å². The van der Waals surface area contributed by atoms with Gasteiger partial charge < -0.3 is 27.0 Å². The number of nitrogens with one attached hydrogen (secondary N) is 1. The third-order valence-electron chi connectivity index (χ3n) is 2.32. The van der Waals surface area contributed by atoms with Crippen molar-refractivity contribution in [3.8, 4) is 0 Å². The molecule has 1 aliphatic rings. The van der Waals surface area contributed by atoms with Gasteiger partial charge in [-0.2, -0.15) is 0 Å². The summed E-state index contributed by atoms with van der Waals surface area (Å²) in [4.78, 5) is 11.4. The number of aromatic nitrogens is 2. The maximum Gasteiger partial charge on any atom is 0.413 e. The van der Waals surface area contributed by atoms with Gasteiger partial charge in [-0.05, 0) is 0 Å². The number of methoxy groups -OCH3 is 1. The van der Waals surface area contributed by atoms with E-state index in [2.05, 4.69) is 5.32 Å². The topological polar surface area (TPSA) is 47.1 Å². The first-order chi connectivity index (χ1) is 6.81. The van der Waals surface area contributed by atoms with E-state index in [9.17, 15) is 4.79 Å². The molecular formula is C9H14BrN3O2. The zero-order chi connectivity index (χ0) is 9.97. The van der Waals surface area contributed by atoms with Crippen molar-refractivity contribution in [2.24, 2.45) is 0 Å². The first kappa shape index (κ1) is 12.2. The molecule has 6 heteroatoms. The van der Waals surface area contributed by atoms with Crippen LogP contribution in [-0.4, -0.2) is 30.9 Å². The highest BCUT2D eigenvalue weighted by atomic mass is 79.9. The summed E-state index contributed by atoms with van der Waals surface area (Å²) < 4.78 is 8.60. The number of hydrogen-bond donors (Lipinski definition) is 1. The number of imidazole rings is 1. The van der Waals surface area contributed by atoms with Crippen molar-refractivity contribution >= 4 is 6.03 Å². The maximum absolute atomic E-state index is 11.4. The minimum atomic E-state index is -0.0394. The van der Waals surface area contributed by atoms with E-state index in [0.29, 0.717) is 6.61 Å². The van der Waals surface area contributed by atoms with E-state index in [4.69, 9.17) is 4.74 Å². The molecule has 0 atom stereocenters. The van der Waals surface area contributed by atoms with Crippen molar-refractivity contribution in [3.63, 3.8) is 0 Å². The summed E-state index contributed by atoms with van der Waals surface area (Å²) in [5.41, 5.74) is 1.06. The molecule has 0 aromatic carbocycles. The molecule has 0 unspecified atom stereocenters. The van der Waals surface area contributed by atoms with Crippen LogP contribution in [-0.2, 0) is 17.7 Å². The fraction of sp³-hybridized carbons (Fsp3) is 0.556. The highest BCUT2D eigenvalue weighted by molar-refractivity contribution is 5.77. The second-order valence-corrected chi connectivity index (χ2v) is 3.32. The van der Waals surface area contributed by atoms with Crippen LogP contribution in [0.15, 0.2) is 12.5 Å². The highest BCUT2D eigenvalue weighted by Crippen LogP contribution is 2.02. The molecule has 0 radical (unpaired) electrons. The fourth-order valence-electron chi connectivity index (χ4n) is 1.58. The fourth-order valence-corrected chi connectivity index (χ4v) is 1.58. The van der Waals surface area contributed by atoms with Crippen LogP contribution in [0.1, 0.15) is 5.69 Å². The average molecular weight is 276 g/mol. The summed E-state index contributed by atoms with van der Waals surface area (Å²) in [7, 11) is 1.67. The Bertz CT molecular complexity index is 351. The lowest BCUT2D eigenvalue weighted by Crippen LogP contribution is -3.00. The number of carbonyl (C=O) groups excluding carboxylic acids is 1. The molecule has 0 spiro atoms. The van der Waals surface area contributed by atoms with Gasteiger partial charge in [0, 0.05) is 20.1 Å². The first-order valence-corrected chi connectivity index (χ1v) is 4.68. The van der Waals surface area contributed by atoms with Crippen LogP contribution >= 0.6 is 0 Å². The van der Waals surface area contributed by atoms with Gasteiger partial charge in [-0.15, -0.1) is 4.57 Å². The van der Waals surface area contributed by atoms with Crippen LogP contribution in [0.25, 0.3) is 0 Å². The van der Waals surface area contributed by atoms with Gasteiger partial charge in [0.05, 0.1) is 6.61 Å². The zero-order valence-electron chi connectivity index (χ0n) is 8.57. The van der Waals surface area contributed by atoms with Gasteiger partial charge >= 0.3 is 6.03 Å². The predicted octanol–water partition coefficient (Wildman–Crippen LogP) is -3.46. The van der Waals surface area contributed by atoms with Crippen molar-refractivity contribution in [1.82, 2.24) is 9.88 Å². The van der Waals surface area contributed by atoms with E-state index in [1.54, 1.807) is 11.7 Å². The quantitative estimate of drug-likeness (QED) is 0.583. The first-order valence-electron chi connectivity index (χ1n) is 4.68. The second-order valence-electron chi connectivity index (χ2n) is 3.32. The molecule has 15 heavy (non-hydrogen) atoms. The van der Waals surface area contributed by atoms with Gasteiger partial charge in [0.1, 0.15) is 12.7 Å². The van der Waals surface area contributed by atoms with Crippen molar-refractivity contribution in [3.05, 3.63) is 18.2 Å². The van der Waals surface area contributed by atoms with E-state index in [0.717, 1.165) is 25.2 Å². The molecule has 0 saturated carbocycles. The summed E-state index contributed by atoms with van der Waals surface area (Å²) in [6.45, 7) is 2.17. The van der Waals surface area contributed by atoms with Gasteiger partial charge in [-0.25, -0.2) is 9.36 Å². The van der Waals surface area contributed by atoms with Crippen LogP contribution in [0.4, 0.5) is 4.79 Å². The van der Waals surface area contributed by atoms with Gasteiger partial charge in [-0.3, -0.25) is 0 Å². The van der Waals surface area contributed by atoms with E-state index in [1.165, 1.54) is 0 Å². The number of rotatable bonds is 3. The second kappa shape index (κ2) is 5.27. The Labute approximate surface area is 98.8 Å². The van der Waals surface area contributed by atoms with E-state index < -0.39 is 0 Å². The molecule has 1 aromatic heterocycles. The largest absolute Gasteiger partial charge is 1.00 e. The minimum Gasteiger partial charge on any atom is -1.00 e. The van der Waals surface area contributed by atoms with E-state index in [-0.39, 0.29) is 23.0 Å². The lowest BCUT2D eigenvalue weighted by atomic mass is 10.3. The summed E-state index contributed by atoms with van der Waals surface area (Å²) in [5, 5.41) is 2.79. The van der Waals surface area contributed by atoms with Crippen LogP contribution in [0, 0.1) is 0 Å². The molecule has 2 rings (SSSR count). The van der Waals surface area contributed by atoms with E-state index in [1.807, 2.05) is 17.1 Å². The number of hydrogen-bond acceptors (Lipinski definition) is 2. The normalized spacial score (nSPS) is 14.1. The summed E-state index contributed by atoms with van der Waals surface area (Å²) in [6, 6.07) is -0.0394. The van der Waals surface area contributed by atoms with Crippen molar-refractivity contribution in [2.75, 3.05) is 20.3 Å². The number of fused-ring (bicyclic) bond motifs is 1. The molecule has 0 bridgehead atoms. The summed E-state index contributed by atoms with van der Waals surface area (Å²) >= 11 is 0. The number of halogens is 1. The Morgan fingerprint density at radius 1 is 1.67 bits per heavy atom. The van der Waals surface area contributed by atoms with Crippen LogP contribution in [0.3, 0.4) is 0 Å². The van der Waals surface area contributed by atoms with Gasteiger partial charge in [0.15, 0.2) is 5.69 Å². The molecule has 84 valence electrons. The Hall–Kier alpha value is -0.880. The van der Waals surface area contributed by atoms with E-state index >= 15 is 0 Å². The third kappa shape index (κ3) is 2.57. The lowest BCUT2D eigenvalue weighted by Gasteiger charge is -2.07. The van der Waals surface area contributed by atoms with Crippen molar-refractivity contribution in [2.45, 2.75) is 13.0 Å². The van der Waals surface area contributed by atoms with Gasteiger partial charge in [0.25, 0.3) is 6.33 Å². The maximum atomic E-state index is 11.4. The highest BCUT2D eigenvalue weighted by Gasteiger charge is 2.23. The Morgan fingerprint density at radius 2 is 2.47 bits per heavy atom. The standard InChI is InChI=1S/C9H13N3O2.BrH/c1-14-5-4-11-6-8-2-3-10-9(13)12(8)7-11;/h6-7H,2-5H2,1H3;1H. The molecule has 0 fully saturated rings. The Balaban J connectivity index is 0.00000112. The third-order valence-corrected chi connectivity index (χ3v) is 2.32. The van der Waals surface area contributed by atoms with Crippen LogP contribution in [0.2, 0.25) is 0 Å². The van der Waals surface area contributed by atoms with Crippen molar-refractivity contribution in [1.29, 1.82) is 0 Å². The predicted molar refractivity (Wildman–Crippen MR) is 49.0 cm³/mol. The zero-order valence-corrected chi connectivity index (χ0v) is 10.2. The molecular weight excluding hydrogens is 262 g/mol. The smallest absolute Gasteiger partial charge is 0.413 e. The Morgan fingerprint density at radius 3 is 3.13 bits per heavy atom.